The first-order valence-electron chi connectivity index (χ1n) is 6.48. The predicted molar refractivity (Wildman–Crippen MR) is 72.2 cm³/mol. The number of aryl methyl sites for hydroxylation is 2. The molecule has 2 unspecified atom stereocenters. The number of hydrogen-bond donors (Lipinski definition) is 2. The minimum atomic E-state index is -1.03. The molecule has 1 amide bonds. The van der Waals surface area contributed by atoms with Gasteiger partial charge in [-0.25, -0.2) is 4.68 Å². The molecule has 8 heteroatoms. The van der Waals surface area contributed by atoms with Crippen molar-refractivity contribution in [3.63, 3.8) is 0 Å². The van der Waals surface area contributed by atoms with Gasteiger partial charge in [-0.3, -0.25) is 14.4 Å². The topological polar surface area (TPSA) is 111 Å². The van der Waals surface area contributed by atoms with E-state index in [9.17, 15) is 14.4 Å². The van der Waals surface area contributed by atoms with E-state index in [0.717, 1.165) is 4.68 Å². The van der Waals surface area contributed by atoms with Crippen LogP contribution in [0, 0.1) is 19.8 Å². The standard InChI is InChI=1S/C13H17N3O5/c1-6-7(2)15-16(3)12(18)10(6)11(17)14-9-5-21-4-8(9)13(19)20/h8-9H,4-5H2,1-3H3,(H,14,17)(H,19,20). The molecule has 0 aliphatic carbocycles. The van der Waals surface area contributed by atoms with E-state index in [4.69, 9.17) is 9.84 Å². The zero-order valence-corrected chi connectivity index (χ0v) is 12.0. The second kappa shape index (κ2) is 5.65. The molecule has 2 atom stereocenters. The lowest BCUT2D eigenvalue weighted by Crippen LogP contribution is -2.45. The monoisotopic (exact) mass is 295 g/mol. The van der Waals surface area contributed by atoms with Gasteiger partial charge in [-0.2, -0.15) is 5.10 Å². The van der Waals surface area contributed by atoms with Crippen LogP contribution in [-0.2, 0) is 16.6 Å². The highest BCUT2D eigenvalue weighted by molar-refractivity contribution is 5.96. The zero-order valence-electron chi connectivity index (χ0n) is 12.0. The van der Waals surface area contributed by atoms with Crippen molar-refractivity contribution in [2.45, 2.75) is 19.9 Å². The number of carboxylic acids is 1. The molecule has 1 fully saturated rings. The van der Waals surface area contributed by atoms with Crippen molar-refractivity contribution in [3.05, 3.63) is 27.2 Å². The van der Waals surface area contributed by atoms with Crippen LogP contribution < -0.4 is 10.9 Å². The van der Waals surface area contributed by atoms with Crippen LogP contribution in [0.3, 0.4) is 0 Å². The molecule has 2 N–H and O–H groups in total. The van der Waals surface area contributed by atoms with Gasteiger partial charge in [0.1, 0.15) is 11.5 Å². The summed E-state index contributed by atoms with van der Waals surface area (Å²) in [5, 5.41) is 15.6. The summed E-state index contributed by atoms with van der Waals surface area (Å²) in [5.41, 5.74) is 0.531. The van der Waals surface area contributed by atoms with E-state index in [1.165, 1.54) is 7.05 Å². The first kappa shape index (κ1) is 15.2. The summed E-state index contributed by atoms with van der Waals surface area (Å²) in [5.74, 6) is -2.44. The summed E-state index contributed by atoms with van der Waals surface area (Å²) < 4.78 is 6.18. The third kappa shape index (κ3) is 2.80. The maximum Gasteiger partial charge on any atom is 0.311 e. The summed E-state index contributed by atoms with van der Waals surface area (Å²) in [4.78, 5) is 35.4. The van der Waals surface area contributed by atoms with Gasteiger partial charge in [0.2, 0.25) is 0 Å². The van der Waals surface area contributed by atoms with Gasteiger partial charge in [-0.05, 0) is 19.4 Å². The number of nitrogens with one attached hydrogen (secondary N) is 1. The Morgan fingerprint density at radius 2 is 2.05 bits per heavy atom. The van der Waals surface area contributed by atoms with E-state index < -0.39 is 29.4 Å². The molecule has 1 aromatic heterocycles. The molecule has 0 saturated carbocycles. The Morgan fingerprint density at radius 1 is 1.38 bits per heavy atom. The van der Waals surface area contributed by atoms with Crippen LogP contribution in [0.2, 0.25) is 0 Å². The average molecular weight is 295 g/mol. The molecule has 2 rings (SSSR count). The van der Waals surface area contributed by atoms with Crippen molar-refractivity contribution < 1.29 is 19.4 Å². The summed E-state index contributed by atoms with van der Waals surface area (Å²) >= 11 is 0. The molecule has 1 saturated heterocycles. The van der Waals surface area contributed by atoms with E-state index in [0.29, 0.717) is 11.3 Å². The first-order chi connectivity index (χ1) is 9.82. The van der Waals surface area contributed by atoms with E-state index in [2.05, 4.69) is 10.4 Å². The van der Waals surface area contributed by atoms with Crippen molar-refractivity contribution in [1.82, 2.24) is 15.1 Å². The van der Waals surface area contributed by atoms with E-state index in [-0.39, 0.29) is 18.8 Å². The van der Waals surface area contributed by atoms with Gasteiger partial charge in [-0.15, -0.1) is 0 Å². The normalized spacial score (nSPS) is 21.3. The van der Waals surface area contributed by atoms with Crippen LogP contribution in [0.4, 0.5) is 0 Å². The molecule has 114 valence electrons. The highest BCUT2D eigenvalue weighted by atomic mass is 16.5. The van der Waals surface area contributed by atoms with Gasteiger partial charge < -0.3 is 15.2 Å². The zero-order chi connectivity index (χ0) is 15.7. The van der Waals surface area contributed by atoms with E-state index in [1.807, 2.05) is 0 Å². The molecule has 1 aromatic rings. The van der Waals surface area contributed by atoms with Crippen LogP contribution >= 0.6 is 0 Å². The summed E-state index contributed by atoms with van der Waals surface area (Å²) in [6.07, 6.45) is 0. The number of rotatable bonds is 3. The second-order valence-electron chi connectivity index (χ2n) is 5.08. The lowest BCUT2D eigenvalue weighted by Gasteiger charge is -2.17. The van der Waals surface area contributed by atoms with Crippen molar-refractivity contribution in [2.24, 2.45) is 13.0 Å². The van der Waals surface area contributed by atoms with Crippen molar-refractivity contribution >= 4 is 11.9 Å². The number of ether oxygens (including phenoxy) is 1. The maximum absolute atomic E-state index is 12.3. The van der Waals surface area contributed by atoms with Gasteiger partial charge in [0, 0.05) is 7.05 Å². The molecule has 0 aromatic carbocycles. The highest BCUT2D eigenvalue weighted by Crippen LogP contribution is 2.15. The van der Waals surface area contributed by atoms with E-state index >= 15 is 0 Å². The third-order valence-corrected chi connectivity index (χ3v) is 3.67. The fraction of sp³-hybridized carbons (Fsp3) is 0.538. The smallest absolute Gasteiger partial charge is 0.311 e. The van der Waals surface area contributed by atoms with Crippen LogP contribution in [0.25, 0.3) is 0 Å². The molecule has 2 heterocycles. The SMILES string of the molecule is Cc1nn(C)c(=O)c(C(=O)NC2COCC2C(=O)O)c1C. The van der Waals surface area contributed by atoms with Crippen molar-refractivity contribution in [3.8, 4) is 0 Å². The predicted octanol–water partition coefficient (Wildman–Crippen LogP) is -0.773. The number of aromatic nitrogens is 2. The lowest BCUT2D eigenvalue weighted by atomic mass is 10.0. The fourth-order valence-corrected chi connectivity index (χ4v) is 2.30. The Kier molecular flexibility index (Phi) is 4.08. The number of nitrogens with zero attached hydrogens (tertiary/aromatic N) is 2. The Morgan fingerprint density at radius 3 is 2.67 bits per heavy atom. The highest BCUT2D eigenvalue weighted by Gasteiger charge is 2.35. The van der Waals surface area contributed by atoms with E-state index in [1.54, 1.807) is 13.8 Å². The van der Waals surface area contributed by atoms with Crippen LogP contribution in [0.5, 0.6) is 0 Å². The summed E-state index contributed by atoms with van der Waals surface area (Å²) in [7, 11) is 1.46. The lowest BCUT2D eigenvalue weighted by molar-refractivity contribution is -0.142. The maximum atomic E-state index is 12.3. The molecule has 0 radical (unpaired) electrons. The van der Waals surface area contributed by atoms with Gasteiger partial charge in [-0.1, -0.05) is 0 Å². The van der Waals surface area contributed by atoms with Gasteiger partial charge in [0.05, 0.1) is 24.9 Å². The largest absolute Gasteiger partial charge is 0.481 e. The molecule has 8 nitrogen and oxygen atoms in total. The number of carbonyl (C=O) groups is 2. The van der Waals surface area contributed by atoms with Gasteiger partial charge in [0.15, 0.2) is 0 Å². The molecule has 0 spiro atoms. The molecule has 21 heavy (non-hydrogen) atoms. The summed E-state index contributed by atoms with van der Waals surface area (Å²) in [6, 6.07) is -0.646. The molecular formula is C13H17N3O5. The van der Waals surface area contributed by atoms with Gasteiger partial charge >= 0.3 is 5.97 Å². The molecule has 1 aliphatic rings. The van der Waals surface area contributed by atoms with Crippen LogP contribution in [0.1, 0.15) is 21.6 Å². The van der Waals surface area contributed by atoms with Crippen molar-refractivity contribution in [2.75, 3.05) is 13.2 Å². The molecule has 0 bridgehead atoms. The summed E-state index contributed by atoms with van der Waals surface area (Å²) in [6.45, 7) is 3.50. The molecular weight excluding hydrogens is 278 g/mol. The fourth-order valence-electron chi connectivity index (χ4n) is 2.30. The average Bonchev–Trinajstić information content (AvgIpc) is 2.85. The molecule has 1 aliphatic heterocycles. The number of hydrogen-bond acceptors (Lipinski definition) is 5. The minimum absolute atomic E-state index is 0.0129. The quantitative estimate of drug-likeness (QED) is 0.757. The third-order valence-electron chi connectivity index (χ3n) is 3.67. The van der Waals surface area contributed by atoms with Crippen LogP contribution in [-0.4, -0.2) is 46.0 Å². The van der Waals surface area contributed by atoms with Gasteiger partial charge in [0.25, 0.3) is 11.5 Å². The Labute approximate surface area is 120 Å². The number of amides is 1. The van der Waals surface area contributed by atoms with Crippen LogP contribution in [0.15, 0.2) is 4.79 Å². The number of carbonyl (C=O) groups excluding carboxylic acids is 1. The first-order valence-corrected chi connectivity index (χ1v) is 6.48. The Bertz CT molecular complexity index is 652. The van der Waals surface area contributed by atoms with Crippen molar-refractivity contribution in [1.29, 1.82) is 0 Å². The minimum Gasteiger partial charge on any atom is -0.481 e. The number of carboxylic acid groups (broad SMARTS) is 1. The Balaban J connectivity index is 2.30. The second-order valence-corrected chi connectivity index (χ2v) is 5.08. The number of aliphatic carboxylic acids is 1. The Hall–Kier alpha value is -2.22.